The second-order valence-electron chi connectivity index (χ2n) is 8.57. The van der Waals surface area contributed by atoms with Crippen LogP contribution in [0.2, 0.25) is 5.02 Å². The molecule has 180 valence electrons. The van der Waals surface area contributed by atoms with Gasteiger partial charge < -0.3 is 10.0 Å². The summed E-state index contributed by atoms with van der Waals surface area (Å²) in [4.78, 5) is 19.0. The zero-order valence-electron chi connectivity index (χ0n) is 19.6. The number of carbonyl (C=O) groups is 1. The summed E-state index contributed by atoms with van der Waals surface area (Å²) >= 11 is 7.67. The molecule has 1 aliphatic heterocycles. The highest BCUT2D eigenvalue weighted by Crippen LogP contribution is 2.36. The van der Waals surface area contributed by atoms with Gasteiger partial charge in [0.1, 0.15) is 17.6 Å². The first kappa shape index (κ1) is 24.5. The molecule has 7 nitrogen and oxygen atoms in total. The number of hydrogen-bond acceptors (Lipinski definition) is 7. The van der Waals surface area contributed by atoms with Crippen LogP contribution >= 0.6 is 23.4 Å². The van der Waals surface area contributed by atoms with E-state index in [-0.39, 0.29) is 12.2 Å². The highest BCUT2D eigenvalue weighted by molar-refractivity contribution is 7.99. The Hall–Kier alpha value is -3.24. The van der Waals surface area contributed by atoms with Gasteiger partial charge in [-0.25, -0.2) is 0 Å². The first-order valence-electron chi connectivity index (χ1n) is 11.3. The van der Waals surface area contributed by atoms with E-state index < -0.39 is 13.2 Å². The number of ketones is 1. The van der Waals surface area contributed by atoms with Crippen molar-refractivity contribution >= 4 is 47.4 Å². The first-order valence-corrected chi connectivity index (χ1v) is 12.5. The average molecular weight is 517 g/mol. The van der Waals surface area contributed by atoms with Crippen LogP contribution in [0, 0.1) is 6.92 Å². The molecule has 0 saturated heterocycles. The molecule has 0 amide bonds. The van der Waals surface area contributed by atoms with Crippen molar-refractivity contribution in [2.75, 3.05) is 0 Å². The van der Waals surface area contributed by atoms with Crippen LogP contribution in [-0.4, -0.2) is 43.4 Å². The number of rotatable bonds is 6. The number of hydrogen-bond donors (Lipinski definition) is 2. The lowest BCUT2D eigenvalue weighted by atomic mass is 9.80. The minimum absolute atomic E-state index is 0.0135. The standard InChI is InChI=1S/C26H22BClN4O3S/c1-15(33)12-23-26-31-30-16(2)32(26)24-11-10-21(36-20-5-3-4-18(13-20)27(34)35)14-22(24)25(29-23)17-6-8-19(28)9-7-17/h3-11,13-14,23,34-35H,12H2,1-2H3/t23-/m0/s1. The van der Waals surface area contributed by atoms with E-state index >= 15 is 0 Å². The molecule has 2 heterocycles. The highest BCUT2D eigenvalue weighted by atomic mass is 35.5. The number of nitrogens with zero attached hydrogens (tertiary/aromatic N) is 4. The van der Waals surface area contributed by atoms with Crippen molar-refractivity contribution in [2.24, 2.45) is 4.99 Å². The van der Waals surface area contributed by atoms with Crippen molar-refractivity contribution in [3.05, 3.63) is 94.5 Å². The fourth-order valence-corrected chi connectivity index (χ4v) is 5.31. The summed E-state index contributed by atoms with van der Waals surface area (Å²) in [6.07, 6.45) is 0.209. The number of carbonyl (C=O) groups excluding carboxylic acids is 1. The quantitative estimate of drug-likeness (QED) is 0.377. The van der Waals surface area contributed by atoms with E-state index in [4.69, 9.17) is 16.6 Å². The van der Waals surface area contributed by atoms with E-state index in [0.29, 0.717) is 22.1 Å². The molecular formula is C26H22BClN4O3S. The molecule has 0 spiro atoms. The third kappa shape index (κ3) is 4.88. The average Bonchev–Trinajstić information content (AvgIpc) is 3.17. The van der Waals surface area contributed by atoms with Gasteiger partial charge in [0.05, 0.1) is 11.4 Å². The lowest BCUT2D eigenvalue weighted by molar-refractivity contribution is -0.117. The molecule has 1 aromatic heterocycles. The number of aryl methyl sites for hydroxylation is 1. The fourth-order valence-electron chi connectivity index (χ4n) is 4.26. The van der Waals surface area contributed by atoms with E-state index in [1.807, 2.05) is 54.0 Å². The topological polar surface area (TPSA) is 101 Å². The van der Waals surface area contributed by atoms with E-state index in [1.54, 1.807) is 25.1 Å². The predicted octanol–water partition coefficient (Wildman–Crippen LogP) is 3.93. The van der Waals surface area contributed by atoms with Crippen molar-refractivity contribution in [1.82, 2.24) is 14.8 Å². The molecule has 0 bridgehead atoms. The van der Waals surface area contributed by atoms with Gasteiger partial charge in [-0.15, -0.1) is 10.2 Å². The normalized spacial score (nSPS) is 14.5. The molecule has 0 aliphatic carbocycles. The summed E-state index contributed by atoms with van der Waals surface area (Å²) < 4.78 is 1.96. The number of aliphatic imine (C=N–C) groups is 1. The van der Waals surface area contributed by atoms with E-state index in [0.717, 1.165) is 32.3 Å². The number of fused-ring (bicyclic) bond motifs is 3. The minimum atomic E-state index is -1.53. The Morgan fingerprint density at radius 2 is 1.81 bits per heavy atom. The predicted molar refractivity (Wildman–Crippen MR) is 142 cm³/mol. The second kappa shape index (κ2) is 10.0. The fraction of sp³-hybridized carbons (Fsp3) is 0.154. The van der Waals surface area contributed by atoms with E-state index in [9.17, 15) is 14.8 Å². The number of aromatic nitrogens is 3. The summed E-state index contributed by atoms with van der Waals surface area (Å²) in [5.74, 6) is 1.34. The Balaban J connectivity index is 1.68. The van der Waals surface area contributed by atoms with Gasteiger partial charge in [-0.1, -0.05) is 47.6 Å². The molecule has 1 aliphatic rings. The zero-order valence-corrected chi connectivity index (χ0v) is 21.2. The van der Waals surface area contributed by atoms with Gasteiger partial charge in [0.25, 0.3) is 0 Å². The van der Waals surface area contributed by atoms with Crippen LogP contribution in [0.25, 0.3) is 5.69 Å². The minimum Gasteiger partial charge on any atom is -0.423 e. The lowest BCUT2D eigenvalue weighted by Gasteiger charge is -2.14. The summed E-state index contributed by atoms with van der Waals surface area (Å²) in [7, 11) is -1.53. The molecule has 10 heteroatoms. The van der Waals surface area contributed by atoms with Gasteiger partial charge in [0, 0.05) is 32.4 Å². The largest absolute Gasteiger partial charge is 0.488 e. The van der Waals surface area contributed by atoms with E-state index in [2.05, 4.69) is 16.3 Å². The SMILES string of the molecule is CC(=O)C[C@@H]1N=C(c2ccc(Cl)cc2)c2cc(Sc3cccc(B(O)O)c3)ccc2-n2c(C)nnc21. The van der Waals surface area contributed by atoms with E-state index in [1.165, 1.54) is 11.8 Å². The van der Waals surface area contributed by atoms with Crippen molar-refractivity contribution in [1.29, 1.82) is 0 Å². The van der Waals surface area contributed by atoms with Crippen molar-refractivity contribution in [3.8, 4) is 5.69 Å². The first-order chi connectivity index (χ1) is 17.3. The number of benzene rings is 3. The maximum atomic E-state index is 12.2. The number of halogens is 1. The maximum Gasteiger partial charge on any atom is 0.488 e. The summed E-state index contributed by atoms with van der Waals surface area (Å²) in [5, 5.41) is 28.4. The van der Waals surface area contributed by atoms with Crippen molar-refractivity contribution in [2.45, 2.75) is 36.1 Å². The summed E-state index contributed by atoms with van der Waals surface area (Å²) in [5.41, 5.74) is 3.78. The summed E-state index contributed by atoms with van der Waals surface area (Å²) in [6, 6.07) is 20.2. The second-order valence-corrected chi connectivity index (χ2v) is 10.2. The van der Waals surface area contributed by atoms with Crippen LogP contribution in [-0.2, 0) is 4.79 Å². The molecule has 1 atom stereocenters. The van der Waals surface area contributed by atoms with Gasteiger partial charge >= 0.3 is 7.12 Å². The van der Waals surface area contributed by atoms with Crippen LogP contribution in [0.1, 0.15) is 42.2 Å². The van der Waals surface area contributed by atoms with Gasteiger partial charge in [-0.05, 0) is 61.8 Å². The lowest BCUT2D eigenvalue weighted by Crippen LogP contribution is -2.29. The Kier molecular flexibility index (Phi) is 6.81. The Bertz CT molecular complexity index is 1490. The molecular weight excluding hydrogens is 495 g/mol. The van der Waals surface area contributed by atoms with Crippen LogP contribution in [0.3, 0.4) is 0 Å². The smallest absolute Gasteiger partial charge is 0.423 e. The maximum absolute atomic E-state index is 12.2. The van der Waals surface area contributed by atoms with Gasteiger partial charge in [0.15, 0.2) is 5.82 Å². The van der Waals surface area contributed by atoms with Crippen LogP contribution in [0.15, 0.2) is 81.5 Å². The third-order valence-corrected chi connectivity index (χ3v) is 7.12. The van der Waals surface area contributed by atoms with Gasteiger partial charge in [-0.2, -0.15) is 0 Å². The molecule has 0 radical (unpaired) electrons. The van der Waals surface area contributed by atoms with Crippen LogP contribution in [0.5, 0.6) is 0 Å². The number of Topliss-reactive ketones (excluding diaryl/α,β-unsaturated/α-hetero) is 1. The molecule has 0 unspecified atom stereocenters. The molecule has 0 saturated carbocycles. The molecule has 0 fully saturated rings. The monoisotopic (exact) mass is 516 g/mol. The Labute approximate surface area is 218 Å². The van der Waals surface area contributed by atoms with Gasteiger partial charge in [0.2, 0.25) is 0 Å². The summed E-state index contributed by atoms with van der Waals surface area (Å²) in [6.45, 7) is 3.43. The molecule has 4 aromatic rings. The molecule has 5 rings (SSSR count). The van der Waals surface area contributed by atoms with Crippen molar-refractivity contribution < 1.29 is 14.8 Å². The van der Waals surface area contributed by atoms with Crippen LogP contribution < -0.4 is 5.46 Å². The zero-order chi connectivity index (χ0) is 25.4. The molecule has 2 N–H and O–H groups in total. The van der Waals surface area contributed by atoms with Crippen molar-refractivity contribution in [3.63, 3.8) is 0 Å². The highest BCUT2D eigenvalue weighted by Gasteiger charge is 2.29. The Morgan fingerprint density at radius 1 is 1.06 bits per heavy atom. The van der Waals surface area contributed by atoms with Crippen LogP contribution in [0.4, 0.5) is 0 Å². The van der Waals surface area contributed by atoms with Gasteiger partial charge in [-0.3, -0.25) is 14.4 Å². The molecule has 36 heavy (non-hydrogen) atoms. The Morgan fingerprint density at radius 3 is 2.53 bits per heavy atom. The third-order valence-electron chi connectivity index (χ3n) is 5.89. The molecule has 3 aromatic carbocycles.